The van der Waals surface area contributed by atoms with E-state index in [0.29, 0.717) is 18.2 Å². The summed E-state index contributed by atoms with van der Waals surface area (Å²) in [5, 5.41) is 3.20. The molecule has 0 amide bonds. The maximum Gasteiger partial charge on any atom is 0.208 e. The topological polar surface area (TPSA) is 72.2 Å². The lowest BCUT2D eigenvalue weighted by molar-refractivity contribution is 0.413. The minimum atomic E-state index is -2.85. The Morgan fingerprint density at radius 2 is 2.24 bits per heavy atom. The van der Waals surface area contributed by atoms with Gasteiger partial charge in [-0.2, -0.15) is 0 Å². The summed E-state index contributed by atoms with van der Waals surface area (Å²) in [7, 11) is -2.85. The summed E-state index contributed by atoms with van der Waals surface area (Å²) < 4.78 is 28.3. The lowest BCUT2D eigenvalue weighted by atomic mass is 10.2. The van der Waals surface area contributed by atoms with Gasteiger partial charge in [0.25, 0.3) is 0 Å². The third kappa shape index (κ3) is 3.29. The summed E-state index contributed by atoms with van der Waals surface area (Å²) >= 11 is 0. The summed E-state index contributed by atoms with van der Waals surface area (Å²) in [6.45, 7) is 4.26. The first-order chi connectivity index (χ1) is 7.96. The molecule has 1 saturated heterocycles. The van der Waals surface area contributed by atoms with Crippen LogP contribution < -0.4 is 5.32 Å². The monoisotopic (exact) mass is 258 g/mol. The SMILES string of the molecule is Cc1nc(CNC2CCCS(=O)(=O)C2)oc1C. The van der Waals surface area contributed by atoms with Gasteiger partial charge in [-0.15, -0.1) is 0 Å². The maximum atomic E-state index is 11.5. The van der Waals surface area contributed by atoms with Gasteiger partial charge in [0.05, 0.1) is 23.7 Å². The average Bonchev–Trinajstić information content (AvgIpc) is 2.54. The van der Waals surface area contributed by atoms with E-state index in [1.54, 1.807) is 0 Å². The Bertz CT molecular complexity index is 473. The molecule has 0 spiro atoms. The summed E-state index contributed by atoms with van der Waals surface area (Å²) in [4.78, 5) is 4.25. The Morgan fingerprint density at radius 3 is 2.82 bits per heavy atom. The lowest BCUT2D eigenvalue weighted by Gasteiger charge is -2.22. The van der Waals surface area contributed by atoms with Gasteiger partial charge in [0.1, 0.15) is 5.76 Å². The number of aryl methyl sites for hydroxylation is 2. The Morgan fingerprint density at radius 1 is 1.47 bits per heavy atom. The highest BCUT2D eigenvalue weighted by Crippen LogP contribution is 2.13. The second kappa shape index (κ2) is 4.78. The molecule has 0 bridgehead atoms. The van der Waals surface area contributed by atoms with Gasteiger partial charge in [-0.05, 0) is 26.7 Å². The molecule has 0 radical (unpaired) electrons. The van der Waals surface area contributed by atoms with Crippen molar-refractivity contribution in [2.24, 2.45) is 0 Å². The minimum absolute atomic E-state index is 0.0289. The molecular formula is C11H18N2O3S. The molecule has 0 aliphatic carbocycles. The Labute approximate surface area is 102 Å². The van der Waals surface area contributed by atoms with Crippen molar-refractivity contribution in [1.82, 2.24) is 10.3 Å². The number of oxazole rings is 1. The van der Waals surface area contributed by atoms with Crippen LogP contribution in [0, 0.1) is 13.8 Å². The van der Waals surface area contributed by atoms with Crippen LogP contribution in [0.1, 0.15) is 30.2 Å². The molecular weight excluding hydrogens is 240 g/mol. The van der Waals surface area contributed by atoms with Gasteiger partial charge in [-0.1, -0.05) is 0 Å². The van der Waals surface area contributed by atoms with Crippen LogP contribution >= 0.6 is 0 Å². The smallest absolute Gasteiger partial charge is 0.208 e. The fourth-order valence-electron chi connectivity index (χ4n) is 2.03. The van der Waals surface area contributed by atoms with Gasteiger partial charge in [-0.25, -0.2) is 13.4 Å². The summed E-state index contributed by atoms with van der Waals surface area (Å²) in [5.74, 6) is 2.00. The number of rotatable bonds is 3. The van der Waals surface area contributed by atoms with Crippen molar-refractivity contribution in [3.8, 4) is 0 Å². The fraction of sp³-hybridized carbons (Fsp3) is 0.727. The number of hydrogen-bond acceptors (Lipinski definition) is 5. The van der Waals surface area contributed by atoms with Gasteiger partial charge < -0.3 is 9.73 Å². The van der Waals surface area contributed by atoms with Crippen LogP contribution in [-0.2, 0) is 16.4 Å². The number of hydrogen-bond donors (Lipinski definition) is 1. The van der Waals surface area contributed by atoms with Crippen LogP contribution in [0.25, 0.3) is 0 Å². The van der Waals surface area contributed by atoms with Crippen molar-refractivity contribution in [2.75, 3.05) is 11.5 Å². The van der Waals surface area contributed by atoms with E-state index in [4.69, 9.17) is 4.42 Å². The summed E-state index contributed by atoms with van der Waals surface area (Å²) in [5.41, 5.74) is 0.887. The molecule has 2 rings (SSSR count). The first kappa shape index (κ1) is 12.6. The van der Waals surface area contributed by atoms with E-state index < -0.39 is 9.84 Å². The molecule has 1 aliphatic rings. The zero-order chi connectivity index (χ0) is 12.5. The second-order valence-corrected chi connectivity index (χ2v) is 6.81. The van der Waals surface area contributed by atoms with Gasteiger partial charge >= 0.3 is 0 Å². The van der Waals surface area contributed by atoms with Crippen molar-refractivity contribution in [3.05, 3.63) is 17.3 Å². The number of nitrogens with one attached hydrogen (secondary N) is 1. The normalized spacial score (nSPS) is 23.8. The van der Waals surface area contributed by atoms with E-state index in [0.717, 1.165) is 24.3 Å². The van der Waals surface area contributed by atoms with Crippen molar-refractivity contribution >= 4 is 9.84 Å². The van der Waals surface area contributed by atoms with E-state index in [9.17, 15) is 8.42 Å². The lowest BCUT2D eigenvalue weighted by Crippen LogP contribution is -2.39. The number of sulfone groups is 1. The summed E-state index contributed by atoms with van der Waals surface area (Å²) in [6.07, 6.45) is 1.64. The molecule has 5 nitrogen and oxygen atoms in total. The number of nitrogens with zero attached hydrogens (tertiary/aromatic N) is 1. The molecule has 1 fully saturated rings. The van der Waals surface area contributed by atoms with Crippen LogP contribution in [0.5, 0.6) is 0 Å². The van der Waals surface area contributed by atoms with Crippen LogP contribution in [0.4, 0.5) is 0 Å². The highest BCUT2D eigenvalue weighted by atomic mass is 32.2. The molecule has 1 aromatic heterocycles. The van der Waals surface area contributed by atoms with Crippen molar-refractivity contribution in [2.45, 2.75) is 39.3 Å². The molecule has 1 N–H and O–H groups in total. The van der Waals surface area contributed by atoms with E-state index in [2.05, 4.69) is 10.3 Å². The highest BCUT2D eigenvalue weighted by Gasteiger charge is 2.24. The molecule has 6 heteroatoms. The molecule has 0 aromatic carbocycles. The predicted octanol–water partition coefficient (Wildman–Crippen LogP) is 0.958. The highest BCUT2D eigenvalue weighted by molar-refractivity contribution is 7.91. The molecule has 2 heterocycles. The average molecular weight is 258 g/mol. The standard InChI is InChI=1S/C11H18N2O3S/c1-8-9(2)16-11(13-8)6-12-10-4-3-5-17(14,15)7-10/h10,12H,3-7H2,1-2H3. The number of aromatic nitrogens is 1. The van der Waals surface area contributed by atoms with Gasteiger partial charge in [0.2, 0.25) is 5.89 Å². The predicted molar refractivity (Wildman–Crippen MR) is 64.5 cm³/mol. The van der Waals surface area contributed by atoms with Crippen LogP contribution in [-0.4, -0.2) is 30.9 Å². The molecule has 1 aromatic rings. The Hall–Kier alpha value is -0.880. The van der Waals surface area contributed by atoms with Gasteiger partial charge in [0, 0.05) is 6.04 Å². The molecule has 0 saturated carbocycles. The van der Waals surface area contributed by atoms with Crippen LogP contribution in [0.15, 0.2) is 4.42 Å². The van der Waals surface area contributed by atoms with Crippen molar-refractivity contribution in [1.29, 1.82) is 0 Å². The van der Waals surface area contributed by atoms with Crippen LogP contribution in [0.3, 0.4) is 0 Å². The molecule has 1 aliphatic heterocycles. The quantitative estimate of drug-likeness (QED) is 0.874. The minimum Gasteiger partial charge on any atom is -0.444 e. The van der Waals surface area contributed by atoms with E-state index in [1.165, 1.54) is 0 Å². The largest absolute Gasteiger partial charge is 0.444 e. The zero-order valence-electron chi connectivity index (χ0n) is 10.2. The zero-order valence-corrected chi connectivity index (χ0v) is 11.0. The Kier molecular flexibility index (Phi) is 3.53. The third-order valence-electron chi connectivity index (χ3n) is 3.08. The van der Waals surface area contributed by atoms with E-state index in [1.807, 2.05) is 13.8 Å². The molecule has 96 valence electrons. The maximum absolute atomic E-state index is 11.5. The second-order valence-electron chi connectivity index (χ2n) is 4.58. The molecule has 1 atom stereocenters. The summed E-state index contributed by atoms with van der Waals surface area (Å²) in [6, 6.07) is 0.0289. The van der Waals surface area contributed by atoms with Crippen molar-refractivity contribution < 1.29 is 12.8 Å². The molecule has 17 heavy (non-hydrogen) atoms. The van der Waals surface area contributed by atoms with E-state index in [-0.39, 0.29) is 11.8 Å². The third-order valence-corrected chi connectivity index (χ3v) is 4.90. The first-order valence-corrected chi connectivity index (χ1v) is 7.65. The van der Waals surface area contributed by atoms with Crippen molar-refractivity contribution in [3.63, 3.8) is 0 Å². The van der Waals surface area contributed by atoms with Crippen LogP contribution in [0.2, 0.25) is 0 Å². The van der Waals surface area contributed by atoms with E-state index >= 15 is 0 Å². The Balaban J connectivity index is 1.90. The van der Waals surface area contributed by atoms with Gasteiger partial charge in [-0.3, -0.25) is 0 Å². The molecule has 1 unspecified atom stereocenters. The fourth-order valence-corrected chi connectivity index (χ4v) is 3.70. The van der Waals surface area contributed by atoms with Gasteiger partial charge in [0.15, 0.2) is 9.84 Å². The first-order valence-electron chi connectivity index (χ1n) is 5.83.